The molecule has 0 spiro atoms. The highest BCUT2D eigenvalue weighted by Crippen LogP contribution is 2.39. The summed E-state index contributed by atoms with van der Waals surface area (Å²) in [6.45, 7) is 5.44. The molecular formula is C27H34N5O2P. The Bertz CT molecular complexity index is 1380. The highest BCUT2D eigenvalue weighted by atomic mass is 31.2. The predicted octanol–water partition coefficient (Wildman–Crippen LogP) is 5.23. The zero-order valence-electron chi connectivity index (χ0n) is 21.3. The third kappa shape index (κ3) is 5.53. The van der Waals surface area contributed by atoms with Crippen LogP contribution in [0.4, 0.5) is 17.1 Å². The number of pyridine rings is 1. The molecule has 4 aromatic rings. The molecule has 0 atom stereocenters. The molecule has 0 radical (unpaired) electrons. The molecule has 2 heterocycles. The van der Waals surface area contributed by atoms with E-state index in [0.29, 0.717) is 0 Å². The van der Waals surface area contributed by atoms with Crippen molar-refractivity contribution in [3.05, 3.63) is 60.8 Å². The number of benzene rings is 2. The van der Waals surface area contributed by atoms with Crippen molar-refractivity contribution in [1.29, 1.82) is 0 Å². The molecule has 0 aliphatic heterocycles. The number of hydrogen-bond donors (Lipinski definition) is 2. The third-order valence-corrected chi connectivity index (χ3v) is 7.62. The van der Waals surface area contributed by atoms with Crippen LogP contribution in [0.1, 0.15) is 0 Å². The summed E-state index contributed by atoms with van der Waals surface area (Å²) in [5.74, 6) is 0.823. The van der Waals surface area contributed by atoms with E-state index in [4.69, 9.17) is 4.74 Å². The Labute approximate surface area is 207 Å². The fourth-order valence-electron chi connectivity index (χ4n) is 4.12. The molecule has 2 aromatic carbocycles. The van der Waals surface area contributed by atoms with Crippen molar-refractivity contribution in [2.24, 2.45) is 0 Å². The summed E-state index contributed by atoms with van der Waals surface area (Å²) >= 11 is 0. The van der Waals surface area contributed by atoms with Crippen molar-refractivity contribution in [2.45, 2.75) is 0 Å². The first-order chi connectivity index (χ1) is 16.7. The monoisotopic (exact) mass is 491 g/mol. The van der Waals surface area contributed by atoms with Gasteiger partial charge in [0.1, 0.15) is 18.5 Å². The average molecular weight is 492 g/mol. The van der Waals surface area contributed by atoms with Gasteiger partial charge in [-0.3, -0.25) is 0 Å². The number of rotatable bonds is 9. The molecule has 35 heavy (non-hydrogen) atoms. The second-order valence-electron chi connectivity index (χ2n) is 9.41. The van der Waals surface area contributed by atoms with Crippen LogP contribution >= 0.6 is 7.14 Å². The van der Waals surface area contributed by atoms with Crippen LogP contribution in [0.2, 0.25) is 0 Å². The van der Waals surface area contributed by atoms with E-state index in [-0.39, 0.29) is 0 Å². The number of methoxy groups -OCH3 is 1. The number of likely N-dealkylation sites (N-methyl/N-ethyl adjacent to an activating group) is 2. The van der Waals surface area contributed by atoms with Gasteiger partial charge in [-0.15, -0.1) is 0 Å². The van der Waals surface area contributed by atoms with Gasteiger partial charge >= 0.3 is 0 Å². The topological polar surface area (TPSA) is 73.5 Å². The van der Waals surface area contributed by atoms with Crippen LogP contribution in [0.15, 0.2) is 60.8 Å². The number of aromatic amines is 1. The second kappa shape index (κ2) is 10.1. The molecule has 2 aromatic heterocycles. The molecule has 184 valence electrons. The Morgan fingerprint density at radius 1 is 1.00 bits per heavy atom. The number of anilines is 3. The molecule has 0 unspecified atom stereocenters. The first kappa shape index (κ1) is 24.8. The van der Waals surface area contributed by atoms with Gasteiger partial charge in [-0.1, -0.05) is 18.2 Å². The van der Waals surface area contributed by atoms with Gasteiger partial charge in [-0.05, 0) is 63.8 Å². The molecule has 0 amide bonds. The van der Waals surface area contributed by atoms with Crippen molar-refractivity contribution in [3.8, 4) is 17.0 Å². The molecule has 0 fully saturated rings. The van der Waals surface area contributed by atoms with Crippen LogP contribution in [-0.2, 0) is 4.57 Å². The molecule has 4 rings (SSSR count). The van der Waals surface area contributed by atoms with E-state index in [1.54, 1.807) is 26.6 Å². The number of H-pyrrole nitrogens is 1. The first-order valence-electron chi connectivity index (χ1n) is 11.6. The lowest BCUT2D eigenvalue weighted by Crippen LogP contribution is -2.28. The summed E-state index contributed by atoms with van der Waals surface area (Å²) in [6.07, 6.45) is 1.77. The standard InChI is InChI=1S/C27H34N5O2P/c1-31(2)15-16-32(3)24-12-11-19(17-25(24)34-4)23-18-20-21(13-14-28-27(20)30-23)29-22-9-7-8-10-26(22)35(5,6)33/h7-14,17-18H,15-16H2,1-6H3,(H2,28,29,30). The van der Waals surface area contributed by atoms with E-state index in [2.05, 4.69) is 70.5 Å². The van der Waals surface area contributed by atoms with Crippen LogP contribution in [-0.4, -0.2) is 69.5 Å². The lowest BCUT2D eigenvalue weighted by Gasteiger charge is -2.23. The summed E-state index contributed by atoms with van der Waals surface area (Å²) in [7, 11) is 5.49. The predicted molar refractivity (Wildman–Crippen MR) is 149 cm³/mol. The smallest absolute Gasteiger partial charge is 0.142 e. The molecule has 8 heteroatoms. The molecule has 7 nitrogen and oxygen atoms in total. The van der Waals surface area contributed by atoms with Gasteiger partial charge in [-0.2, -0.15) is 0 Å². The minimum absolute atomic E-state index is 0.782. The maximum atomic E-state index is 12.8. The van der Waals surface area contributed by atoms with Crippen molar-refractivity contribution in [3.63, 3.8) is 0 Å². The second-order valence-corrected chi connectivity index (χ2v) is 12.6. The van der Waals surface area contributed by atoms with Crippen LogP contribution < -0.4 is 20.3 Å². The van der Waals surface area contributed by atoms with E-state index in [1.165, 1.54) is 0 Å². The Balaban J connectivity index is 1.68. The van der Waals surface area contributed by atoms with Gasteiger partial charge in [-0.25, -0.2) is 4.98 Å². The fourth-order valence-corrected chi connectivity index (χ4v) is 5.27. The maximum Gasteiger partial charge on any atom is 0.142 e. The quantitative estimate of drug-likeness (QED) is 0.313. The summed E-state index contributed by atoms with van der Waals surface area (Å²) in [6, 6.07) is 18.0. The minimum atomic E-state index is -2.44. The molecule has 2 N–H and O–H groups in total. The number of aromatic nitrogens is 2. The maximum absolute atomic E-state index is 12.8. The molecule has 0 aliphatic rings. The summed E-state index contributed by atoms with van der Waals surface area (Å²) in [5.41, 5.74) is 5.56. The molecular weight excluding hydrogens is 457 g/mol. The summed E-state index contributed by atoms with van der Waals surface area (Å²) < 4.78 is 18.5. The van der Waals surface area contributed by atoms with E-state index < -0.39 is 7.14 Å². The van der Waals surface area contributed by atoms with Gasteiger partial charge in [0.05, 0.1) is 18.5 Å². The van der Waals surface area contributed by atoms with Gasteiger partial charge < -0.3 is 29.4 Å². The van der Waals surface area contributed by atoms with Crippen molar-refractivity contribution >= 4 is 40.5 Å². The first-order valence-corrected chi connectivity index (χ1v) is 14.2. The number of nitrogens with one attached hydrogen (secondary N) is 2. The molecule has 0 saturated carbocycles. The number of hydrogen-bond acceptors (Lipinski definition) is 6. The van der Waals surface area contributed by atoms with Gasteiger partial charge in [0.25, 0.3) is 0 Å². The zero-order valence-corrected chi connectivity index (χ0v) is 22.2. The van der Waals surface area contributed by atoms with Crippen molar-refractivity contribution in [1.82, 2.24) is 14.9 Å². The van der Waals surface area contributed by atoms with E-state index in [0.717, 1.165) is 63.5 Å². The number of ether oxygens (including phenoxy) is 1. The van der Waals surface area contributed by atoms with Gasteiger partial charge in [0.15, 0.2) is 0 Å². The number of para-hydroxylation sites is 1. The van der Waals surface area contributed by atoms with Crippen molar-refractivity contribution in [2.75, 3.05) is 64.9 Å². The summed E-state index contributed by atoms with van der Waals surface area (Å²) in [5, 5.41) is 5.29. The largest absolute Gasteiger partial charge is 0.495 e. The van der Waals surface area contributed by atoms with Crippen LogP contribution in [0, 0.1) is 0 Å². The Morgan fingerprint density at radius 3 is 2.49 bits per heavy atom. The van der Waals surface area contributed by atoms with Crippen molar-refractivity contribution < 1.29 is 9.30 Å². The minimum Gasteiger partial charge on any atom is -0.495 e. The van der Waals surface area contributed by atoms with E-state index >= 15 is 0 Å². The fraction of sp³-hybridized carbons (Fsp3) is 0.296. The lowest BCUT2D eigenvalue weighted by molar-refractivity contribution is 0.406. The van der Waals surface area contributed by atoms with E-state index in [1.807, 2.05) is 30.3 Å². The Hall–Kier alpha value is -3.28. The van der Waals surface area contributed by atoms with Gasteiger partial charge in [0.2, 0.25) is 0 Å². The Kier molecular flexibility index (Phi) is 7.20. The zero-order chi connectivity index (χ0) is 25.2. The highest BCUT2D eigenvalue weighted by Gasteiger charge is 2.17. The summed E-state index contributed by atoms with van der Waals surface area (Å²) in [4.78, 5) is 12.3. The SMILES string of the molecule is COc1cc(-c2cc3c(Nc4ccccc4P(C)(C)=O)ccnc3[nH]2)ccc1N(C)CCN(C)C. The normalized spacial score (nSPS) is 11.7. The number of nitrogens with zero attached hydrogens (tertiary/aromatic N) is 3. The van der Waals surface area contributed by atoms with E-state index in [9.17, 15) is 4.57 Å². The molecule has 0 saturated heterocycles. The van der Waals surface area contributed by atoms with Gasteiger partial charge in [0, 0.05) is 54.0 Å². The average Bonchev–Trinajstić information content (AvgIpc) is 3.27. The molecule has 0 bridgehead atoms. The lowest BCUT2D eigenvalue weighted by atomic mass is 10.1. The Morgan fingerprint density at radius 2 is 1.77 bits per heavy atom. The third-order valence-electron chi connectivity index (χ3n) is 6.07. The molecule has 0 aliphatic carbocycles. The van der Waals surface area contributed by atoms with Crippen LogP contribution in [0.5, 0.6) is 5.75 Å². The highest BCUT2D eigenvalue weighted by molar-refractivity contribution is 7.70. The number of fused-ring (bicyclic) bond motifs is 1. The van der Waals surface area contributed by atoms with Crippen LogP contribution in [0.25, 0.3) is 22.3 Å². The van der Waals surface area contributed by atoms with Crippen LogP contribution in [0.3, 0.4) is 0 Å².